The number of aromatic amines is 1. The van der Waals surface area contributed by atoms with Crippen molar-refractivity contribution in [2.24, 2.45) is 0 Å². The number of nitrogens with zero attached hydrogens (tertiary/aromatic N) is 2. The van der Waals surface area contributed by atoms with E-state index in [9.17, 15) is 4.39 Å². The van der Waals surface area contributed by atoms with Crippen molar-refractivity contribution < 1.29 is 8.78 Å². The molecular formula is C24H21ClF2N4. The minimum Gasteiger partial charge on any atom is -0.309 e. The molecule has 0 spiro atoms. The molecule has 3 aromatic carbocycles. The summed E-state index contributed by atoms with van der Waals surface area (Å²) >= 11 is 0. The van der Waals surface area contributed by atoms with Gasteiger partial charge < -0.3 is 5.32 Å². The Morgan fingerprint density at radius 2 is 1.58 bits per heavy atom. The topological polar surface area (TPSA) is 53.6 Å². The Kier molecular flexibility index (Phi) is 6.11. The van der Waals surface area contributed by atoms with Crippen LogP contribution in [0.15, 0.2) is 67.0 Å². The van der Waals surface area contributed by atoms with Crippen LogP contribution in [-0.2, 0) is 19.4 Å². The third-order valence-electron chi connectivity index (χ3n) is 5.67. The van der Waals surface area contributed by atoms with E-state index >= 15 is 4.39 Å². The maximum atomic E-state index is 15.2. The van der Waals surface area contributed by atoms with E-state index in [1.165, 1.54) is 29.6 Å². The molecule has 5 rings (SSSR count). The summed E-state index contributed by atoms with van der Waals surface area (Å²) in [5, 5.41) is 10.0. The van der Waals surface area contributed by atoms with E-state index in [0.29, 0.717) is 17.0 Å². The molecule has 0 aliphatic heterocycles. The molecule has 0 amide bonds. The Bertz CT molecular complexity index is 1150. The third-order valence-corrected chi connectivity index (χ3v) is 5.67. The van der Waals surface area contributed by atoms with E-state index in [4.69, 9.17) is 0 Å². The zero-order chi connectivity index (χ0) is 20.5. The first-order valence-electron chi connectivity index (χ1n) is 9.92. The van der Waals surface area contributed by atoms with Crippen molar-refractivity contribution in [3.05, 3.63) is 95.3 Å². The second kappa shape index (κ2) is 8.96. The maximum absolute atomic E-state index is 15.2. The quantitative estimate of drug-likeness (QED) is 0.456. The molecule has 7 heteroatoms. The van der Waals surface area contributed by atoms with Crippen LogP contribution in [0.25, 0.3) is 22.5 Å². The van der Waals surface area contributed by atoms with Crippen LogP contribution in [-0.4, -0.2) is 21.2 Å². The summed E-state index contributed by atoms with van der Waals surface area (Å²) < 4.78 is 29.7. The molecule has 31 heavy (non-hydrogen) atoms. The number of halogens is 3. The van der Waals surface area contributed by atoms with Gasteiger partial charge in [0.1, 0.15) is 18.0 Å². The third kappa shape index (κ3) is 4.22. The van der Waals surface area contributed by atoms with Gasteiger partial charge in [-0.2, -0.15) is 5.10 Å². The molecule has 0 saturated carbocycles. The molecule has 2 N–H and O–H groups in total. The predicted molar refractivity (Wildman–Crippen MR) is 119 cm³/mol. The second-order valence-corrected chi connectivity index (χ2v) is 7.54. The predicted octanol–water partition coefficient (Wildman–Crippen LogP) is 5.10. The van der Waals surface area contributed by atoms with Gasteiger partial charge in [-0.15, -0.1) is 12.4 Å². The molecule has 0 saturated heterocycles. The number of fused-ring (bicyclic) bond motifs is 1. The molecule has 0 atom stereocenters. The molecule has 0 fully saturated rings. The van der Waals surface area contributed by atoms with E-state index < -0.39 is 11.6 Å². The lowest BCUT2D eigenvalue weighted by molar-refractivity contribution is 0.492. The minimum absolute atomic E-state index is 0. The van der Waals surface area contributed by atoms with Gasteiger partial charge in [-0.05, 0) is 41.7 Å². The number of nitrogens with one attached hydrogen (secondary N) is 2. The molecule has 0 unspecified atom stereocenters. The van der Waals surface area contributed by atoms with E-state index in [2.05, 4.69) is 32.6 Å². The average Bonchev–Trinajstić information content (AvgIpc) is 3.44. The number of aromatic nitrogens is 3. The highest BCUT2D eigenvalue weighted by molar-refractivity contribution is 5.85. The minimum atomic E-state index is -0.531. The van der Waals surface area contributed by atoms with Crippen LogP contribution >= 0.6 is 12.4 Å². The van der Waals surface area contributed by atoms with Crippen molar-refractivity contribution in [2.45, 2.75) is 25.4 Å². The second-order valence-electron chi connectivity index (χ2n) is 7.54. The summed E-state index contributed by atoms with van der Waals surface area (Å²) in [7, 11) is 0. The van der Waals surface area contributed by atoms with Crippen molar-refractivity contribution in [1.82, 2.24) is 20.5 Å². The van der Waals surface area contributed by atoms with Gasteiger partial charge in [0.05, 0.1) is 0 Å². The van der Waals surface area contributed by atoms with Crippen molar-refractivity contribution >= 4 is 12.4 Å². The summed E-state index contributed by atoms with van der Waals surface area (Å²) in [6, 6.07) is 18.5. The van der Waals surface area contributed by atoms with E-state index in [-0.39, 0.29) is 30.6 Å². The van der Waals surface area contributed by atoms with Gasteiger partial charge in [-0.25, -0.2) is 13.8 Å². The summed E-state index contributed by atoms with van der Waals surface area (Å²) in [6.07, 6.45) is 3.26. The van der Waals surface area contributed by atoms with Crippen LogP contribution in [0, 0.1) is 11.6 Å². The summed E-state index contributed by atoms with van der Waals surface area (Å²) in [4.78, 5) is 4.11. The monoisotopic (exact) mass is 438 g/mol. The van der Waals surface area contributed by atoms with Gasteiger partial charge in [0.15, 0.2) is 5.82 Å². The number of hydrogen-bond acceptors (Lipinski definition) is 3. The van der Waals surface area contributed by atoms with Gasteiger partial charge in [0.2, 0.25) is 0 Å². The van der Waals surface area contributed by atoms with Gasteiger partial charge in [0, 0.05) is 29.3 Å². The van der Waals surface area contributed by atoms with Crippen molar-refractivity contribution in [3.63, 3.8) is 0 Å². The van der Waals surface area contributed by atoms with Crippen molar-refractivity contribution in [1.29, 1.82) is 0 Å². The molecular weight excluding hydrogens is 418 g/mol. The highest BCUT2D eigenvalue weighted by Gasteiger charge is 2.22. The zero-order valence-electron chi connectivity index (χ0n) is 16.6. The summed E-state index contributed by atoms with van der Waals surface area (Å²) in [5.74, 6) is -0.483. The van der Waals surface area contributed by atoms with Crippen LogP contribution < -0.4 is 5.32 Å². The molecule has 4 nitrogen and oxygen atoms in total. The molecule has 0 radical (unpaired) electrons. The van der Waals surface area contributed by atoms with Crippen molar-refractivity contribution in [3.8, 4) is 22.5 Å². The molecule has 1 aromatic heterocycles. The lowest BCUT2D eigenvalue weighted by Crippen LogP contribution is -2.29. The largest absolute Gasteiger partial charge is 0.309 e. The zero-order valence-corrected chi connectivity index (χ0v) is 17.4. The molecule has 1 aliphatic carbocycles. The van der Waals surface area contributed by atoms with Gasteiger partial charge in [0.25, 0.3) is 0 Å². The van der Waals surface area contributed by atoms with Crippen LogP contribution in [0.2, 0.25) is 0 Å². The fraction of sp³-hybridized carbons (Fsp3) is 0.167. The van der Waals surface area contributed by atoms with E-state index in [0.717, 1.165) is 18.4 Å². The van der Waals surface area contributed by atoms with Gasteiger partial charge in [-0.3, -0.25) is 5.10 Å². The summed E-state index contributed by atoms with van der Waals surface area (Å²) in [5.41, 5.74) is 4.56. The van der Waals surface area contributed by atoms with E-state index in [1.54, 1.807) is 12.1 Å². The van der Waals surface area contributed by atoms with Crippen LogP contribution in [0.1, 0.15) is 16.7 Å². The molecule has 1 heterocycles. The smallest absolute Gasteiger partial charge is 0.180 e. The Morgan fingerprint density at radius 1 is 0.903 bits per heavy atom. The van der Waals surface area contributed by atoms with Gasteiger partial charge in [-0.1, -0.05) is 48.5 Å². The highest BCUT2D eigenvalue weighted by atomic mass is 35.5. The van der Waals surface area contributed by atoms with Crippen LogP contribution in [0.3, 0.4) is 0 Å². The fourth-order valence-corrected chi connectivity index (χ4v) is 4.08. The normalized spacial score (nSPS) is 13.1. The first kappa shape index (κ1) is 21.2. The van der Waals surface area contributed by atoms with Crippen LogP contribution in [0.5, 0.6) is 0 Å². The Hall–Kier alpha value is -3.09. The Labute approximate surface area is 185 Å². The Morgan fingerprint density at radius 3 is 2.23 bits per heavy atom. The van der Waals surface area contributed by atoms with E-state index in [1.807, 2.05) is 24.3 Å². The first-order valence-corrected chi connectivity index (χ1v) is 9.92. The molecule has 0 bridgehead atoms. The van der Waals surface area contributed by atoms with Gasteiger partial charge >= 0.3 is 0 Å². The lowest BCUT2D eigenvalue weighted by atomic mass is 10.00. The average molecular weight is 439 g/mol. The number of rotatable bonds is 5. The Balaban J connectivity index is 0.00000231. The molecule has 1 aliphatic rings. The van der Waals surface area contributed by atoms with Crippen LogP contribution in [0.4, 0.5) is 8.78 Å². The number of H-pyrrole nitrogens is 1. The molecule has 4 aromatic rings. The summed E-state index contributed by atoms with van der Waals surface area (Å²) in [6.45, 7) is 0.152. The SMILES string of the molecule is Cl.Fc1ccc(-c2ccc(-c3nc[nH]n3)cc2)c(F)c1CNC1Cc2ccccc2C1. The van der Waals surface area contributed by atoms with Crippen molar-refractivity contribution in [2.75, 3.05) is 0 Å². The number of benzene rings is 3. The highest BCUT2D eigenvalue weighted by Crippen LogP contribution is 2.29. The fourth-order valence-electron chi connectivity index (χ4n) is 4.08. The lowest BCUT2D eigenvalue weighted by Gasteiger charge is -2.15. The number of hydrogen-bond donors (Lipinski definition) is 2. The maximum Gasteiger partial charge on any atom is 0.180 e. The first-order chi connectivity index (χ1) is 14.7. The molecule has 158 valence electrons. The standard InChI is InChI=1S/C24H20F2N4.ClH/c25-22-10-9-20(15-5-7-16(8-6-15)24-28-14-29-30-24)23(26)21(22)13-27-19-11-17-3-1-2-4-18(17)12-19;/h1-10,14,19,27H,11-13H2,(H,28,29,30);1H.